The van der Waals surface area contributed by atoms with E-state index in [-0.39, 0.29) is 6.10 Å². The van der Waals surface area contributed by atoms with Crippen LogP contribution in [0, 0.1) is 5.92 Å². The van der Waals surface area contributed by atoms with E-state index >= 15 is 0 Å². The molecule has 0 amide bonds. The molecule has 2 aliphatic rings. The number of aliphatic hydroxyl groups is 1. The van der Waals surface area contributed by atoms with Gasteiger partial charge in [-0.15, -0.1) is 0 Å². The normalized spacial score (nSPS) is 25.3. The van der Waals surface area contributed by atoms with Crippen molar-refractivity contribution >= 4 is 0 Å². The highest BCUT2D eigenvalue weighted by atomic mass is 16.3. The van der Waals surface area contributed by atoms with E-state index in [1.165, 1.54) is 56.9 Å². The van der Waals surface area contributed by atoms with Crippen LogP contribution in [0.5, 0.6) is 0 Å². The van der Waals surface area contributed by atoms with E-state index in [0.29, 0.717) is 0 Å². The van der Waals surface area contributed by atoms with E-state index in [9.17, 15) is 5.11 Å². The molecule has 0 heterocycles. The lowest BCUT2D eigenvalue weighted by atomic mass is 9.91. The minimum atomic E-state index is -0.0579. The Kier molecular flexibility index (Phi) is 4.25. The molecular weight excluding hydrogens is 184 g/mol. The van der Waals surface area contributed by atoms with Gasteiger partial charge >= 0.3 is 0 Å². The van der Waals surface area contributed by atoms with Gasteiger partial charge < -0.3 is 5.11 Å². The van der Waals surface area contributed by atoms with Gasteiger partial charge in [-0.2, -0.15) is 0 Å². The SMILES string of the molecule is OC(CC1=CCCCC1)CC1CCCC1. The van der Waals surface area contributed by atoms with Crippen LogP contribution in [0.4, 0.5) is 0 Å². The van der Waals surface area contributed by atoms with Crippen molar-refractivity contribution in [1.82, 2.24) is 0 Å². The first-order valence-electron chi connectivity index (χ1n) is 6.70. The lowest BCUT2D eigenvalue weighted by Gasteiger charge is -2.19. The second kappa shape index (κ2) is 5.69. The molecule has 0 aromatic heterocycles. The Balaban J connectivity index is 1.71. The van der Waals surface area contributed by atoms with Gasteiger partial charge in [-0.1, -0.05) is 37.3 Å². The highest BCUT2D eigenvalue weighted by Crippen LogP contribution is 2.30. The molecule has 2 rings (SSSR count). The van der Waals surface area contributed by atoms with Crippen molar-refractivity contribution in [1.29, 1.82) is 0 Å². The number of hydrogen-bond donors (Lipinski definition) is 1. The molecule has 1 nitrogen and oxygen atoms in total. The van der Waals surface area contributed by atoms with Crippen LogP contribution in [-0.2, 0) is 0 Å². The first kappa shape index (κ1) is 11.2. The molecule has 86 valence electrons. The molecule has 0 radical (unpaired) electrons. The quantitative estimate of drug-likeness (QED) is 0.696. The Hall–Kier alpha value is -0.300. The Morgan fingerprint density at radius 3 is 2.67 bits per heavy atom. The van der Waals surface area contributed by atoms with Crippen molar-refractivity contribution < 1.29 is 5.11 Å². The molecule has 1 atom stereocenters. The minimum Gasteiger partial charge on any atom is -0.393 e. The molecule has 0 bridgehead atoms. The van der Waals surface area contributed by atoms with Crippen LogP contribution in [0.15, 0.2) is 11.6 Å². The summed E-state index contributed by atoms with van der Waals surface area (Å²) in [6, 6.07) is 0. The predicted octanol–water partition coefficient (Wildman–Crippen LogP) is 3.82. The van der Waals surface area contributed by atoms with Gasteiger partial charge in [-0.05, 0) is 44.4 Å². The zero-order valence-electron chi connectivity index (χ0n) is 9.75. The molecule has 1 saturated carbocycles. The van der Waals surface area contributed by atoms with Gasteiger partial charge in [-0.25, -0.2) is 0 Å². The predicted molar refractivity (Wildman–Crippen MR) is 63.7 cm³/mol. The summed E-state index contributed by atoms with van der Waals surface area (Å²) in [5, 5.41) is 10.0. The fourth-order valence-electron chi connectivity index (χ4n) is 3.11. The lowest BCUT2D eigenvalue weighted by Crippen LogP contribution is -2.13. The minimum absolute atomic E-state index is 0.0579. The monoisotopic (exact) mass is 208 g/mol. The molecule has 1 N–H and O–H groups in total. The zero-order valence-corrected chi connectivity index (χ0v) is 9.75. The van der Waals surface area contributed by atoms with E-state index in [0.717, 1.165) is 18.8 Å². The van der Waals surface area contributed by atoms with Gasteiger partial charge in [0.15, 0.2) is 0 Å². The standard InChI is InChI=1S/C14H24O/c15-14(11-13-8-4-5-9-13)10-12-6-2-1-3-7-12/h6,13-15H,1-5,7-11H2. The summed E-state index contributed by atoms with van der Waals surface area (Å²) in [6.07, 6.45) is 15.0. The number of rotatable bonds is 4. The maximum atomic E-state index is 10.0. The maximum absolute atomic E-state index is 10.0. The number of allylic oxidation sites excluding steroid dienone is 1. The van der Waals surface area contributed by atoms with Crippen LogP contribution in [0.3, 0.4) is 0 Å². The molecular formula is C14H24O. The van der Waals surface area contributed by atoms with E-state index in [1.54, 1.807) is 0 Å². The second-order valence-electron chi connectivity index (χ2n) is 5.35. The van der Waals surface area contributed by atoms with Crippen molar-refractivity contribution in [2.24, 2.45) is 5.92 Å². The topological polar surface area (TPSA) is 20.2 Å². The van der Waals surface area contributed by atoms with E-state index in [4.69, 9.17) is 0 Å². The summed E-state index contributed by atoms with van der Waals surface area (Å²) < 4.78 is 0. The molecule has 0 aliphatic heterocycles. The summed E-state index contributed by atoms with van der Waals surface area (Å²) in [5.74, 6) is 0.823. The van der Waals surface area contributed by atoms with Gasteiger partial charge in [0.2, 0.25) is 0 Å². The first-order chi connectivity index (χ1) is 7.34. The molecule has 0 spiro atoms. The summed E-state index contributed by atoms with van der Waals surface area (Å²) in [7, 11) is 0. The molecule has 2 aliphatic carbocycles. The molecule has 1 heteroatoms. The van der Waals surface area contributed by atoms with Crippen LogP contribution in [0.25, 0.3) is 0 Å². The molecule has 0 aromatic rings. The molecule has 0 aromatic carbocycles. The average Bonchev–Trinajstić information content (AvgIpc) is 2.71. The van der Waals surface area contributed by atoms with Crippen LogP contribution in [0.1, 0.15) is 64.2 Å². The van der Waals surface area contributed by atoms with Gasteiger partial charge in [0.05, 0.1) is 6.10 Å². The van der Waals surface area contributed by atoms with Crippen LogP contribution in [0.2, 0.25) is 0 Å². The Morgan fingerprint density at radius 2 is 2.00 bits per heavy atom. The van der Waals surface area contributed by atoms with Gasteiger partial charge in [0.25, 0.3) is 0 Å². The average molecular weight is 208 g/mol. The number of hydrogen-bond acceptors (Lipinski definition) is 1. The van der Waals surface area contributed by atoms with Crippen LogP contribution in [-0.4, -0.2) is 11.2 Å². The number of aliphatic hydroxyl groups excluding tert-OH is 1. The van der Waals surface area contributed by atoms with Gasteiger partial charge in [-0.3, -0.25) is 0 Å². The molecule has 1 unspecified atom stereocenters. The summed E-state index contributed by atoms with van der Waals surface area (Å²) in [5.41, 5.74) is 1.52. The highest BCUT2D eigenvalue weighted by molar-refractivity contribution is 5.06. The summed E-state index contributed by atoms with van der Waals surface area (Å²) in [6.45, 7) is 0. The smallest absolute Gasteiger partial charge is 0.0580 e. The highest BCUT2D eigenvalue weighted by Gasteiger charge is 2.19. The van der Waals surface area contributed by atoms with Crippen LogP contribution < -0.4 is 0 Å². The third-order valence-corrected chi connectivity index (χ3v) is 3.96. The van der Waals surface area contributed by atoms with Crippen LogP contribution >= 0.6 is 0 Å². The largest absolute Gasteiger partial charge is 0.393 e. The molecule has 15 heavy (non-hydrogen) atoms. The Labute approximate surface area is 93.6 Å². The lowest BCUT2D eigenvalue weighted by molar-refractivity contribution is 0.141. The van der Waals surface area contributed by atoms with E-state index < -0.39 is 0 Å². The van der Waals surface area contributed by atoms with Crippen molar-refractivity contribution in [3.8, 4) is 0 Å². The van der Waals surface area contributed by atoms with Crippen molar-refractivity contribution in [2.45, 2.75) is 70.3 Å². The zero-order chi connectivity index (χ0) is 10.5. The van der Waals surface area contributed by atoms with Gasteiger partial charge in [0, 0.05) is 0 Å². The van der Waals surface area contributed by atoms with Gasteiger partial charge in [0.1, 0.15) is 0 Å². The fourth-order valence-corrected chi connectivity index (χ4v) is 3.11. The Morgan fingerprint density at radius 1 is 1.20 bits per heavy atom. The molecule has 1 fully saturated rings. The maximum Gasteiger partial charge on any atom is 0.0580 e. The summed E-state index contributed by atoms with van der Waals surface area (Å²) in [4.78, 5) is 0. The van der Waals surface area contributed by atoms with Crippen molar-refractivity contribution in [3.05, 3.63) is 11.6 Å². The fraction of sp³-hybridized carbons (Fsp3) is 0.857. The summed E-state index contributed by atoms with van der Waals surface area (Å²) >= 11 is 0. The third-order valence-electron chi connectivity index (χ3n) is 3.96. The Bertz CT molecular complexity index is 213. The van der Waals surface area contributed by atoms with Crippen molar-refractivity contribution in [3.63, 3.8) is 0 Å². The third kappa shape index (κ3) is 3.64. The van der Waals surface area contributed by atoms with E-state index in [2.05, 4.69) is 6.08 Å². The second-order valence-corrected chi connectivity index (χ2v) is 5.35. The molecule has 0 saturated heterocycles. The first-order valence-corrected chi connectivity index (χ1v) is 6.70. The van der Waals surface area contributed by atoms with Crippen molar-refractivity contribution in [2.75, 3.05) is 0 Å². The van der Waals surface area contributed by atoms with E-state index in [1.807, 2.05) is 0 Å².